The van der Waals surface area contributed by atoms with E-state index in [2.05, 4.69) is 0 Å². The molecular formula is C66H34N6O12S2. The second-order valence-electron chi connectivity index (χ2n) is 19.7. The SMILES string of the molecule is N#Cc1cc2c(cc1C#N)C(=O)C(=Cc1nc3c(s1)C1=C(c4sc(C=C5C(=O)c6cc(C#N)c(C#N)cc6C5=O)nc4C1(C(=O)OCc1ccccc1)C(=O)OCc1ccccc1)C3(C(=O)OCc1ccccc1)C(=O)OCc1ccccc1)C2=O. The minimum absolute atomic E-state index is 0.166. The summed E-state index contributed by atoms with van der Waals surface area (Å²) in [4.78, 5) is 130. The van der Waals surface area contributed by atoms with Crippen molar-refractivity contribution in [2.24, 2.45) is 0 Å². The Morgan fingerprint density at radius 2 is 0.651 bits per heavy atom. The molecule has 4 aliphatic carbocycles. The third-order valence-electron chi connectivity index (χ3n) is 14.8. The Balaban J connectivity index is 1.13. The van der Waals surface area contributed by atoms with Gasteiger partial charge in [-0.15, -0.1) is 22.7 Å². The van der Waals surface area contributed by atoms with Gasteiger partial charge in [0.2, 0.25) is 10.8 Å². The zero-order valence-electron chi connectivity index (χ0n) is 44.2. The highest BCUT2D eigenvalue weighted by Gasteiger charge is 2.73. The maximum absolute atomic E-state index is 16.0. The van der Waals surface area contributed by atoms with Crippen molar-refractivity contribution in [2.45, 2.75) is 37.3 Å². The van der Waals surface area contributed by atoms with Crippen molar-refractivity contribution >= 4 is 93.0 Å². The molecule has 0 saturated heterocycles. The molecular weight excluding hydrogens is 1130 g/mol. The number of fused-ring (bicyclic) bond motifs is 6. The van der Waals surface area contributed by atoms with Crippen molar-refractivity contribution in [3.05, 3.63) is 255 Å². The second kappa shape index (κ2) is 21.9. The van der Waals surface area contributed by atoms with E-state index in [1.165, 1.54) is 0 Å². The minimum Gasteiger partial charge on any atom is -0.459 e. The summed E-state index contributed by atoms with van der Waals surface area (Å²) in [5.74, 6) is -8.78. The lowest BCUT2D eigenvalue weighted by atomic mass is 9.79. The van der Waals surface area contributed by atoms with Gasteiger partial charge in [-0.1, -0.05) is 121 Å². The normalized spacial score (nSPS) is 14.3. The van der Waals surface area contributed by atoms with Crippen LogP contribution in [0.5, 0.6) is 0 Å². The standard InChI is InChI=1S/C66H34N6O12S2/c67-27-39-21-43-44(22-40(39)28-68)54(74)47(53(43)73)25-49-71-59-58(86-49)52-51(65(59,61(77)81-31-35-13-5-1-6-14-35)62(78)82-32-36-15-7-2-8-16-36)57-60(72-50(85-57)26-48-55(75)45-23-41(29-69)42(30-70)24-46(45)56(48)76)66(52,63(79)83-33-37-17-9-3-10-18-37)64(80)84-34-38-19-11-4-12-20-38/h1-26H,31-34H2. The number of nitrogens with zero attached hydrogens (tertiary/aromatic N) is 6. The fourth-order valence-electron chi connectivity index (χ4n) is 10.7. The summed E-state index contributed by atoms with van der Waals surface area (Å²) in [6, 6.07) is 45.5. The number of carbonyl (C=O) groups excluding carboxylic acids is 8. The molecule has 0 saturated carbocycles. The molecule has 0 atom stereocenters. The number of carbonyl (C=O) groups is 8. The molecule has 20 heteroatoms. The van der Waals surface area contributed by atoms with Crippen LogP contribution in [0.2, 0.25) is 0 Å². The molecule has 0 N–H and O–H groups in total. The maximum Gasteiger partial charge on any atom is 0.334 e. The Kier molecular flexibility index (Phi) is 14.0. The highest BCUT2D eigenvalue weighted by atomic mass is 32.1. The van der Waals surface area contributed by atoms with Gasteiger partial charge >= 0.3 is 23.9 Å². The van der Waals surface area contributed by atoms with Crippen LogP contribution in [-0.2, 0) is 75.4 Å². The predicted molar refractivity (Wildman–Crippen MR) is 304 cm³/mol. The van der Waals surface area contributed by atoms with Gasteiger partial charge < -0.3 is 18.9 Å². The number of hydrogen-bond acceptors (Lipinski definition) is 20. The first-order chi connectivity index (χ1) is 41.8. The van der Waals surface area contributed by atoms with E-state index in [9.17, 15) is 40.2 Å². The quantitative estimate of drug-likeness (QED) is 0.0322. The van der Waals surface area contributed by atoms with E-state index < -0.39 is 118 Å². The van der Waals surface area contributed by atoms with Gasteiger partial charge in [-0.2, -0.15) is 21.0 Å². The van der Waals surface area contributed by atoms with Crippen molar-refractivity contribution in [3.63, 3.8) is 0 Å². The Morgan fingerprint density at radius 1 is 0.407 bits per heavy atom. The first-order valence-electron chi connectivity index (χ1n) is 26.0. The molecule has 2 aromatic heterocycles. The van der Waals surface area contributed by atoms with Gasteiger partial charge in [-0.25, -0.2) is 9.97 Å². The lowest BCUT2D eigenvalue weighted by Crippen LogP contribution is -2.46. The molecule has 18 nitrogen and oxygen atoms in total. The van der Waals surface area contributed by atoms with Crippen LogP contribution in [0.3, 0.4) is 0 Å². The number of thiazole rings is 2. The lowest BCUT2D eigenvalue weighted by Gasteiger charge is -2.27. The Labute approximate surface area is 495 Å². The number of esters is 4. The monoisotopic (exact) mass is 1170 g/mol. The third kappa shape index (κ3) is 8.81. The molecule has 0 fully saturated rings. The van der Waals surface area contributed by atoms with E-state index in [-0.39, 0.29) is 64.3 Å². The molecule has 0 amide bonds. The number of Topliss-reactive ketones (excluding diaryl/α,β-unsaturated/α-hetero) is 4. The van der Waals surface area contributed by atoms with Crippen molar-refractivity contribution < 1.29 is 57.3 Å². The first kappa shape index (κ1) is 54.9. The Hall–Kier alpha value is -11.7. The van der Waals surface area contributed by atoms with Gasteiger partial charge in [0.25, 0.3) is 0 Å². The number of benzene rings is 6. The molecule has 12 rings (SSSR count). The molecule has 4 aliphatic rings. The number of ether oxygens (including phenoxy) is 4. The molecule has 2 heterocycles. The number of allylic oxidation sites excluding steroid dienone is 2. The van der Waals surface area contributed by atoms with Crippen LogP contribution in [0.15, 0.2) is 157 Å². The molecule has 0 bridgehead atoms. The van der Waals surface area contributed by atoms with E-state index in [0.717, 1.165) is 36.4 Å². The van der Waals surface area contributed by atoms with E-state index in [1.54, 1.807) is 121 Å². The van der Waals surface area contributed by atoms with Gasteiger partial charge in [0.1, 0.15) is 60.7 Å². The zero-order chi connectivity index (χ0) is 60.0. The molecule has 412 valence electrons. The summed E-state index contributed by atoms with van der Waals surface area (Å²) >= 11 is 1.33. The van der Waals surface area contributed by atoms with Gasteiger partial charge in [0, 0.05) is 33.4 Å². The molecule has 0 radical (unpaired) electrons. The fraction of sp³-hybridized carbons (Fsp3) is 0.0909. The molecule has 0 spiro atoms. The van der Waals surface area contributed by atoms with E-state index in [1.807, 2.05) is 24.3 Å². The van der Waals surface area contributed by atoms with E-state index >= 15 is 19.2 Å². The van der Waals surface area contributed by atoms with Crippen LogP contribution in [-0.4, -0.2) is 57.0 Å². The number of rotatable bonds is 14. The maximum atomic E-state index is 16.0. The van der Waals surface area contributed by atoms with Crippen LogP contribution in [0, 0.1) is 45.3 Å². The smallest absolute Gasteiger partial charge is 0.334 e. The zero-order valence-corrected chi connectivity index (χ0v) is 45.9. The van der Waals surface area contributed by atoms with Crippen molar-refractivity contribution in [1.82, 2.24) is 9.97 Å². The van der Waals surface area contributed by atoms with Crippen molar-refractivity contribution in [3.8, 4) is 24.3 Å². The number of ketones is 4. The van der Waals surface area contributed by atoms with Crippen LogP contribution >= 0.6 is 22.7 Å². The summed E-state index contributed by atoms with van der Waals surface area (Å²) < 4.78 is 24.7. The van der Waals surface area contributed by atoms with E-state index in [0.29, 0.717) is 44.9 Å². The van der Waals surface area contributed by atoms with Crippen LogP contribution in [0.1, 0.15) is 117 Å². The molecule has 0 aliphatic heterocycles. The predicted octanol–water partition coefficient (Wildman–Crippen LogP) is 9.40. The van der Waals surface area contributed by atoms with Crippen LogP contribution in [0.25, 0.3) is 23.3 Å². The molecule has 8 aromatic rings. The van der Waals surface area contributed by atoms with Crippen LogP contribution < -0.4 is 0 Å². The topological polar surface area (TPSA) is 294 Å². The number of hydrogen-bond donors (Lipinski definition) is 0. The summed E-state index contributed by atoms with van der Waals surface area (Å²) in [7, 11) is 0. The van der Waals surface area contributed by atoms with Gasteiger partial charge in [-0.05, 0) is 58.7 Å². The Morgan fingerprint density at radius 3 is 0.884 bits per heavy atom. The van der Waals surface area contributed by atoms with Gasteiger partial charge in [-0.3, -0.25) is 38.4 Å². The summed E-state index contributed by atoms with van der Waals surface area (Å²) in [6.45, 7) is -1.87. The average molecular weight is 1170 g/mol. The average Bonchev–Trinajstić information content (AvgIpc) is 1.49. The number of nitriles is 4. The minimum atomic E-state index is -2.96. The lowest BCUT2D eigenvalue weighted by molar-refractivity contribution is -0.165. The second-order valence-corrected chi connectivity index (χ2v) is 21.8. The highest BCUT2D eigenvalue weighted by Crippen LogP contribution is 2.66. The number of aromatic nitrogens is 2. The van der Waals surface area contributed by atoms with Crippen molar-refractivity contribution in [2.75, 3.05) is 0 Å². The van der Waals surface area contributed by atoms with E-state index in [4.69, 9.17) is 28.9 Å². The largest absolute Gasteiger partial charge is 0.459 e. The fourth-order valence-corrected chi connectivity index (χ4v) is 13.1. The summed E-state index contributed by atoms with van der Waals surface area (Å²) in [5, 5.41) is 38.8. The summed E-state index contributed by atoms with van der Waals surface area (Å²) in [5.41, 5.74) is -8.21. The molecule has 86 heavy (non-hydrogen) atoms. The Bertz CT molecular complexity index is 4120. The molecule has 6 aromatic carbocycles. The molecule has 0 unspecified atom stereocenters. The van der Waals surface area contributed by atoms with Gasteiger partial charge in [0.05, 0.1) is 54.5 Å². The first-order valence-corrected chi connectivity index (χ1v) is 27.6. The summed E-state index contributed by atoms with van der Waals surface area (Å²) in [6.07, 6.45) is 2.18. The highest BCUT2D eigenvalue weighted by molar-refractivity contribution is 7.16. The van der Waals surface area contributed by atoms with Crippen molar-refractivity contribution in [1.29, 1.82) is 21.0 Å². The third-order valence-corrected chi connectivity index (χ3v) is 16.9. The van der Waals surface area contributed by atoms with Gasteiger partial charge in [0.15, 0.2) is 23.1 Å². The van der Waals surface area contributed by atoms with Crippen LogP contribution in [0.4, 0.5) is 0 Å².